The zero-order chi connectivity index (χ0) is 19.1. The fourth-order valence-electron chi connectivity index (χ4n) is 2.92. The molecule has 4 heteroatoms. The second kappa shape index (κ2) is 8.81. The zero-order valence-electron chi connectivity index (χ0n) is 15.1. The lowest BCUT2D eigenvalue weighted by Gasteiger charge is -2.21. The van der Waals surface area contributed by atoms with Gasteiger partial charge in [-0.25, -0.2) is 0 Å². The van der Waals surface area contributed by atoms with E-state index in [1.165, 1.54) is 0 Å². The molecule has 2 N–H and O–H groups in total. The number of benzene rings is 3. The highest BCUT2D eigenvalue weighted by Gasteiger charge is 2.25. The van der Waals surface area contributed by atoms with Gasteiger partial charge in [-0.2, -0.15) is 0 Å². The Bertz CT molecular complexity index is 841. The predicted octanol–water partition coefficient (Wildman–Crippen LogP) is 3.96. The van der Waals surface area contributed by atoms with Crippen LogP contribution in [0.5, 0.6) is 0 Å². The summed E-state index contributed by atoms with van der Waals surface area (Å²) in [6.45, 7) is 1.68. The first-order valence-corrected chi connectivity index (χ1v) is 8.91. The zero-order valence-corrected chi connectivity index (χ0v) is 15.1. The van der Waals surface area contributed by atoms with Gasteiger partial charge in [0.1, 0.15) is 6.04 Å². The van der Waals surface area contributed by atoms with E-state index in [1.54, 1.807) is 6.92 Å². The molecule has 3 aromatic carbocycles. The van der Waals surface area contributed by atoms with Crippen molar-refractivity contribution < 1.29 is 9.59 Å². The summed E-state index contributed by atoms with van der Waals surface area (Å²) in [6, 6.07) is 27.7. The molecule has 2 amide bonds. The molecule has 1 atom stereocenters. The van der Waals surface area contributed by atoms with Gasteiger partial charge >= 0.3 is 0 Å². The van der Waals surface area contributed by atoms with Gasteiger partial charge in [-0.3, -0.25) is 9.59 Å². The molecule has 4 nitrogen and oxygen atoms in total. The van der Waals surface area contributed by atoms with Crippen LogP contribution in [0, 0.1) is 0 Å². The Labute approximate surface area is 159 Å². The maximum atomic E-state index is 13.0. The quantitative estimate of drug-likeness (QED) is 0.701. The third kappa shape index (κ3) is 4.82. The summed E-state index contributed by atoms with van der Waals surface area (Å²) in [5.41, 5.74) is 2.47. The summed E-state index contributed by atoms with van der Waals surface area (Å²) in [6.07, 6.45) is 0. The van der Waals surface area contributed by atoms with Gasteiger partial charge in [0, 0.05) is 5.69 Å². The molecule has 0 aromatic heterocycles. The van der Waals surface area contributed by atoms with E-state index in [2.05, 4.69) is 10.6 Å². The number of para-hydroxylation sites is 1. The van der Waals surface area contributed by atoms with Gasteiger partial charge in [-0.1, -0.05) is 78.9 Å². The van der Waals surface area contributed by atoms with Gasteiger partial charge in [0.25, 0.3) is 0 Å². The first-order chi connectivity index (χ1) is 13.1. The molecule has 0 radical (unpaired) electrons. The van der Waals surface area contributed by atoms with Gasteiger partial charge < -0.3 is 10.6 Å². The molecule has 0 saturated heterocycles. The normalized spacial score (nSPS) is 11.6. The molecule has 0 aliphatic carbocycles. The van der Waals surface area contributed by atoms with Crippen molar-refractivity contribution in [2.75, 3.05) is 5.32 Å². The summed E-state index contributed by atoms with van der Waals surface area (Å²) >= 11 is 0. The van der Waals surface area contributed by atoms with Crippen LogP contribution in [0.3, 0.4) is 0 Å². The molecule has 0 aliphatic rings. The highest BCUT2D eigenvalue weighted by Crippen LogP contribution is 2.24. The lowest BCUT2D eigenvalue weighted by molar-refractivity contribution is -0.126. The fourth-order valence-corrected chi connectivity index (χ4v) is 2.92. The van der Waals surface area contributed by atoms with Crippen LogP contribution in [0.4, 0.5) is 5.69 Å². The number of hydrogen-bond acceptors (Lipinski definition) is 2. The first-order valence-electron chi connectivity index (χ1n) is 8.91. The molecule has 27 heavy (non-hydrogen) atoms. The van der Waals surface area contributed by atoms with Crippen molar-refractivity contribution >= 4 is 17.5 Å². The Balaban J connectivity index is 1.75. The van der Waals surface area contributed by atoms with Crippen LogP contribution in [-0.4, -0.2) is 17.9 Å². The van der Waals surface area contributed by atoms with Gasteiger partial charge in [-0.05, 0) is 30.2 Å². The maximum absolute atomic E-state index is 13.0. The Morgan fingerprint density at radius 1 is 0.667 bits per heavy atom. The third-order valence-corrected chi connectivity index (χ3v) is 4.32. The lowest BCUT2D eigenvalue weighted by Crippen LogP contribution is -2.43. The van der Waals surface area contributed by atoms with Crippen LogP contribution in [0.1, 0.15) is 24.0 Å². The van der Waals surface area contributed by atoms with E-state index in [4.69, 9.17) is 0 Å². The smallest absolute Gasteiger partial charge is 0.246 e. The van der Waals surface area contributed by atoms with Gasteiger partial charge in [0.15, 0.2) is 0 Å². The van der Waals surface area contributed by atoms with E-state index >= 15 is 0 Å². The Kier molecular flexibility index (Phi) is 6.00. The molecular weight excluding hydrogens is 336 g/mol. The summed E-state index contributed by atoms with van der Waals surface area (Å²) in [7, 11) is 0. The monoisotopic (exact) mass is 358 g/mol. The second-order valence-electron chi connectivity index (χ2n) is 6.34. The minimum Gasteiger partial charge on any atom is -0.344 e. The van der Waals surface area contributed by atoms with Crippen LogP contribution in [-0.2, 0) is 9.59 Å². The van der Waals surface area contributed by atoms with E-state index in [0.29, 0.717) is 5.69 Å². The fraction of sp³-hybridized carbons (Fsp3) is 0.130. The maximum Gasteiger partial charge on any atom is 0.246 e. The van der Waals surface area contributed by atoms with E-state index in [9.17, 15) is 9.59 Å². The summed E-state index contributed by atoms with van der Waals surface area (Å²) in [5, 5.41) is 5.66. The number of rotatable bonds is 6. The van der Waals surface area contributed by atoms with Crippen LogP contribution < -0.4 is 10.6 Å². The SMILES string of the molecule is C[C@@H](NC(=O)C(c1ccccc1)c1ccccc1)C(=O)Nc1ccccc1. The molecule has 0 bridgehead atoms. The van der Waals surface area contributed by atoms with Crippen LogP contribution in [0.25, 0.3) is 0 Å². The molecule has 0 aliphatic heterocycles. The van der Waals surface area contributed by atoms with Crippen LogP contribution in [0.15, 0.2) is 91.0 Å². The average molecular weight is 358 g/mol. The van der Waals surface area contributed by atoms with Crippen molar-refractivity contribution in [1.29, 1.82) is 0 Å². The molecule has 0 spiro atoms. The van der Waals surface area contributed by atoms with Crippen LogP contribution >= 0.6 is 0 Å². The topological polar surface area (TPSA) is 58.2 Å². The second-order valence-corrected chi connectivity index (χ2v) is 6.34. The number of carbonyl (C=O) groups is 2. The van der Waals surface area contributed by atoms with Crippen molar-refractivity contribution in [1.82, 2.24) is 5.32 Å². The summed E-state index contributed by atoms with van der Waals surface area (Å²) < 4.78 is 0. The molecule has 0 saturated carbocycles. The van der Waals surface area contributed by atoms with E-state index in [1.807, 2.05) is 91.0 Å². The first kappa shape index (κ1) is 18.4. The highest BCUT2D eigenvalue weighted by atomic mass is 16.2. The number of carbonyl (C=O) groups excluding carboxylic acids is 2. The van der Waals surface area contributed by atoms with Gasteiger partial charge in [0.2, 0.25) is 11.8 Å². The Morgan fingerprint density at radius 2 is 1.11 bits per heavy atom. The highest BCUT2D eigenvalue weighted by molar-refractivity contribution is 5.98. The van der Waals surface area contributed by atoms with E-state index in [0.717, 1.165) is 11.1 Å². The van der Waals surface area contributed by atoms with Gasteiger partial charge in [-0.15, -0.1) is 0 Å². The van der Waals surface area contributed by atoms with Crippen molar-refractivity contribution in [2.24, 2.45) is 0 Å². The van der Waals surface area contributed by atoms with Crippen LogP contribution in [0.2, 0.25) is 0 Å². The molecule has 3 rings (SSSR count). The predicted molar refractivity (Wildman–Crippen MR) is 107 cm³/mol. The lowest BCUT2D eigenvalue weighted by atomic mass is 9.90. The number of amides is 2. The van der Waals surface area contributed by atoms with Crippen molar-refractivity contribution in [3.05, 3.63) is 102 Å². The molecule has 3 aromatic rings. The number of hydrogen-bond donors (Lipinski definition) is 2. The molecule has 136 valence electrons. The number of nitrogens with one attached hydrogen (secondary N) is 2. The summed E-state index contributed by atoms with van der Waals surface area (Å²) in [5.74, 6) is -0.933. The third-order valence-electron chi connectivity index (χ3n) is 4.32. The summed E-state index contributed by atoms with van der Waals surface area (Å²) in [4.78, 5) is 25.4. The Morgan fingerprint density at radius 3 is 1.59 bits per heavy atom. The van der Waals surface area contributed by atoms with Crippen molar-refractivity contribution in [2.45, 2.75) is 18.9 Å². The molecule has 0 fully saturated rings. The standard InChI is InChI=1S/C23H22N2O2/c1-17(22(26)25-20-15-9-4-10-16-20)24-23(27)21(18-11-5-2-6-12-18)19-13-7-3-8-14-19/h2-17,21H,1H3,(H,24,27)(H,25,26)/t17-/m1/s1. The molecule has 0 unspecified atom stereocenters. The largest absolute Gasteiger partial charge is 0.344 e. The van der Waals surface area contributed by atoms with Crippen molar-refractivity contribution in [3.63, 3.8) is 0 Å². The van der Waals surface area contributed by atoms with Gasteiger partial charge in [0.05, 0.1) is 5.92 Å². The average Bonchev–Trinajstić information content (AvgIpc) is 2.70. The van der Waals surface area contributed by atoms with Crippen molar-refractivity contribution in [3.8, 4) is 0 Å². The van der Waals surface area contributed by atoms with E-state index < -0.39 is 12.0 Å². The molecule has 0 heterocycles. The minimum absolute atomic E-state index is 0.205. The number of anilines is 1. The Hall–Kier alpha value is -3.40. The molecular formula is C23H22N2O2. The minimum atomic E-state index is -0.660. The van der Waals surface area contributed by atoms with E-state index in [-0.39, 0.29) is 11.8 Å².